The summed E-state index contributed by atoms with van der Waals surface area (Å²) in [6.07, 6.45) is 4.45. The average molecular weight is 439 g/mol. The van der Waals surface area contributed by atoms with E-state index >= 15 is 0 Å². The first-order valence-corrected chi connectivity index (χ1v) is 11.2. The summed E-state index contributed by atoms with van der Waals surface area (Å²) in [7, 11) is 0. The maximum absolute atomic E-state index is 12.9. The van der Waals surface area contributed by atoms with Gasteiger partial charge in [-0.15, -0.1) is 11.8 Å². The third-order valence-electron chi connectivity index (χ3n) is 4.61. The summed E-state index contributed by atoms with van der Waals surface area (Å²) in [5, 5.41) is 6.39. The Bertz CT molecular complexity index is 990. The predicted molar refractivity (Wildman–Crippen MR) is 122 cm³/mol. The van der Waals surface area contributed by atoms with Crippen molar-refractivity contribution in [2.75, 3.05) is 16.8 Å². The topological polar surface area (TPSA) is 88.3 Å². The van der Waals surface area contributed by atoms with Crippen molar-refractivity contribution in [1.29, 1.82) is 0 Å². The molecule has 3 rings (SSSR count). The molecule has 1 aromatic carbocycles. The number of nitrogens with one attached hydrogen (secondary N) is 1. The van der Waals surface area contributed by atoms with Crippen molar-refractivity contribution in [3.63, 3.8) is 0 Å². The largest absolute Gasteiger partial charge is 0.360 e. The summed E-state index contributed by atoms with van der Waals surface area (Å²) in [5.41, 5.74) is 3.29. The lowest BCUT2D eigenvalue weighted by Crippen LogP contribution is -2.32. The van der Waals surface area contributed by atoms with E-state index in [9.17, 15) is 9.59 Å². The summed E-state index contributed by atoms with van der Waals surface area (Å²) in [5.74, 6) is 1.11. The number of pyridine rings is 1. The number of hydrogen-bond acceptors (Lipinski definition) is 6. The van der Waals surface area contributed by atoms with Crippen LogP contribution in [0, 0.1) is 6.92 Å². The fraction of sp³-hybridized carbons (Fsp3) is 0.304. The van der Waals surface area contributed by atoms with Crippen LogP contribution in [0.15, 0.2) is 59.4 Å². The molecule has 0 spiro atoms. The minimum Gasteiger partial charge on any atom is -0.360 e. The second-order valence-electron chi connectivity index (χ2n) is 7.14. The fourth-order valence-electron chi connectivity index (χ4n) is 2.97. The molecule has 0 saturated heterocycles. The Morgan fingerprint density at radius 2 is 1.81 bits per heavy atom. The number of thioether (sulfide) groups is 1. The highest BCUT2D eigenvalue weighted by Crippen LogP contribution is 2.14. The molecule has 8 heteroatoms. The van der Waals surface area contributed by atoms with E-state index in [0.29, 0.717) is 24.7 Å². The first-order chi connectivity index (χ1) is 15.0. The molecule has 0 fully saturated rings. The Kier molecular flexibility index (Phi) is 8.23. The van der Waals surface area contributed by atoms with Crippen molar-refractivity contribution in [3.05, 3.63) is 77.3 Å². The number of hydrogen-bond donors (Lipinski definition) is 1. The Morgan fingerprint density at radius 3 is 2.45 bits per heavy atom. The molecule has 0 aliphatic rings. The van der Waals surface area contributed by atoms with Crippen LogP contribution in [0.2, 0.25) is 0 Å². The molecule has 3 aromatic rings. The summed E-state index contributed by atoms with van der Waals surface area (Å²) in [4.78, 5) is 31.0. The van der Waals surface area contributed by atoms with E-state index in [2.05, 4.69) is 46.6 Å². The summed E-state index contributed by atoms with van der Waals surface area (Å²) >= 11 is 1.27. The number of amides is 2. The zero-order valence-corrected chi connectivity index (χ0v) is 18.5. The van der Waals surface area contributed by atoms with Crippen LogP contribution in [0.3, 0.4) is 0 Å². The van der Waals surface area contributed by atoms with Crippen molar-refractivity contribution in [3.8, 4) is 0 Å². The smallest absolute Gasteiger partial charge is 0.235 e. The molecule has 0 saturated carbocycles. The van der Waals surface area contributed by atoms with Crippen LogP contribution in [-0.2, 0) is 29.1 Å². The second-order valence-corrected chi connectivity index (χ2v) is 8.13. The van der Waals surface area contributed by atoms with Crippen LogP contribution < -0.4 is 5.32 Å². The highest BCUT2D eigenvalue weighted by atomic mass is 32.2. The van der Waals surface area contributed by atoms with Crippen LogP contribution >= 0.6 is 11.8 Å². The number of carbonyl (C=O) groups excluding carboxylic acids is 2. The monoisotopic (exact) mass is 438 g/mol. The molecular formula is C23H26N4O3S. The maximum atomic E-state index is 12.9. The lowest BCUT2D eigenvalue weighted by Gasteiger charge is -2.23. The maximum Gasteiger partial charge on any atom is 0.235 e. The molecule has 2 aromatic heterocycles. The van der Waals surface area contributed by atoms with E-state index in [0.717, 1.165) is 17.5 Å². The number of aromatic nitrogens is 2. The molecule has 2 heterocycles. The molecule has 31 heavy (non-hydrogen) atoms. The quantitative estimate of drug-likeness (QED) is 0.517. The molecule has 0 aliphatic carbocycles. The molecule has 162 valence electrons. The van der Waals surface area contributed by atoms with Crippen LogP contribution in [0.25, 0.3) is 0 Å². The minimum absolute atomic E-state index is 0.0292. The Balaban J connectivity index is 1.57. The summed E-state index contributed by atoms with van der Waals surface area (Å²) < 4.78 is 4.93. The average Bonchev–Trinajstić information content (AvgIpc) is 3.18. The van der Waals surface area contributed by atoms with Crippen molar-refractivity contribution < 1.29 is 14.1 Å². The van der Waals surface area contributed by atoms with Crippen molar-refractivity contribution in [1.82, 2.24) is 15.0 Å². The van der Waals surface area contributed by atoms with Crippen molar-refractivity contribution in [2.45, 2.75) is 33.4 Å². The van der Waals surface area contributed by atoms with Gasteiger partial charge in [-0.2, -0.15) is 0 Å². The highest BCUT2D eigenvalue weighted by molar-refractivity contribution is 8.00. The van der Waals surface area contributed by atoms with E-state index in [1.54, 1.807) is 30.3 Å². The third-order valence-corrected chi connectivity index (χ3v) is 5.53. The van der Waals surface area contributed by atoms with Gasteiger partial charge in [0.05, 0.1) is 11.5 Å². The Hall–Kier alpha value is -3.13. The van der Waals surface area contributed by atoms with E-state index in [4.69, 9.17) is 4.52 Å². The third kappa shape index (κ3) is 7.25. The molecule has 0 unspecified atom stereocenters. The second kappa shape index (κ2) is 11.3. The minimum atomic E-state index is -0.222. The molecule has 0 atom stereocenters. The van der Waals surface area contributed by atoms with Gasteiger partial charge in [-0.25, -0.2) is 0 Å². The number of aryl methyl sites for hydroxylation is 2. The van der Waals surface area contributed by atoms with E-state index in [1.807, 2.05) is 12.1 Å². The first kappa shape index (κ1) is 22.6. The van der Waals surface area contributed by atoms with Gasteiger partial charge in [0.2, 0.25) is 11.8 Å². The zero-order chi connectivity index (χ0) is 22.1. The fourth-order valence-corrected chi connectivity index (χ4v) is 3.69. The van der Waals surface area contributed by atoms with Crippen LogP contribution in [0.1, 0.15) is 29.4 Å². The number of rotatable bonds is 10. The Labute approximate surface area is 186 Å². The van der Waals surface area contributed by atoms with Crippen molar-refractivity contribution in [2.24, 2.45) is 0 Å². The van der Waals surface area contributed by atoms with Gasteiger partial charge in [0.1, 0.15) is 5.76 Å². The normalized spacial score (nSPS) is 10.6. The number of nitrogens with zero attached hydrogens (tertiary/aromatic N) is 3. The molecule has 0 radical (unpaired) electrons. The Morgan fingerprint density at radius 1 is 1.06 bits per heavy atom. The van der Waals surface area contributed by atoms with Gasteiger partial charge < -0.3 is 14.7 Å². The molecule has 0 bridgehead atoms. The number of carbonyl (C=O) groups is 2. The van der Waals surface area contributed by atoms with Gasteiger partial charge in [-0.3, -0.25) is 14.6 Å². The van der Waals surface area contributed by atoms with Crippen LogP contribution in [0.5, 0.6) is 0 Å². The number of benzene rings is 1. The molecular weight excluding hydrogens is 412 g/mol. The van der Waals surface area contributed by atoms with E-state index in [-0.39, 0.29) is 23.3 Å². The first-order valence-electron chi connectivity index (χ1n) is 10.1. The van der Waals surface area contributed by atoms with E-state index in [1.165, 1.54) is 17.3 Å². The van der Waals surface area contributed by atoms with Gasteiger partial charge in [0, 0.05) is 31.5 Å². The summed E-state index contributed by atoms with van der Waals surface area (Å²) in [6, 6.07) is 13.8. The predicted octanol–water partition coefficient (Wildman–Crippen LogP) is 3.84. The van der Waals surface area contributed by atoms with Crippen molar-refractivity contribution >= 4 is 29.4 Å². The van der Waals surface area contributed by atoms with Gasteiger partial charge >= 0.3 is 0 Å². The number of anilines is 1. The van der Waals surface area contributed by atoms with Crippen LogP contribution in [-0.4, -0.2) is 38.4 Å². The molecule has 1 N–H and O–H groups in total. The van der Waals surface area contributed by atoms with Gasteiger partial charge in [-0.05, 0) is 36.1 Å². The molecule has 7 nitrogen and oxygen atoms in total. The zero-order valence-electron chi connectivity index (χ0n) is 17.7. The molecule has 0 aliphatic heterocycles. The van der Waals surface area contributed by atoms with E-state index < -0.39 is 0 Å². The summed E-state index contributed by atoms with van der Waals surface area (Å²) in [6.45, 7) is 4.84. The highest BCUT2D eigenvalue weighted by Gasteiger charge is 2.16. The van der Waals surface area contributed by atoms with Crippen LogP contribution in [0.4, 0.5) is 5.82 Å². The van der Waals surface area contributed by atoms with Gasteiger partial charge in [0.15, 0.2) is 5.82 Å². The standard InChI is InChI=1S/C23H26N4O3S/c1-3-18-6-8-19(9-7-18)13-27(14-20-5-4-10-24-12-20)23(29)16-31-15-22(28)25-21-11-17(2)30-26-21/h4-12H,3,13-16H2,1-2H3,(H,25,26,28). The molecule has 2 amide bonds. The lowest BCUT2D eigenvalue weighted by atomic mass is 10.1. The SMILES string of the molecule is CCc1ccc(CN(Cc2cccnc2)C(=O)CSCC(=O)Nc2cc(C)on2)cc1. The lowest BCUT2D eigenvalue weighted by molar-refractivity contribution is -0.129. The van der Waals surface area contributed by atoms with Gasteiger partial charge in [-0.1, -0.05) is 42.4 Å². The van der Waals surface area contributed by atoms with Gasteiger partial charge in [0.25, 0.3) is 0 Å².